The van der Waals surface area contributed by atoms with Crippen molar-refractivity contribution >= 4 is 17.2 Å². The van der Waals surface area contributed by atoms with E-state index in [-0.39, 0.29) is 11.3 Å². The SMILES string of the molecule is CC(O)CC(C)(C)CNC(=O)c1csc(-c2cnccn2)n1. The first kappa shape index (κ1) is 16.5. The summed E-state index contributed by atoms with van der Waals surface area (Å²) in [6.07, 6.45) is 5.03. The average molecular weight is 320 g/mol. The molecule has 0 aromatic carbocycles. The molecule has 0 bridgehead atoms. The van der Waals surface area contributed by atoms with Crippen LogP contribution in [-0.4, -0.2) is 38.6 Å². The van der Waals surface area contributed by atoms with Crippen molar-refractivity contribution in [2.75, 3.05) is 6.54 Å². The minimum atomic E-state index is -0.394. The Morgan fingerprint density at radius 2 is 2.23 bits per heavy atom. The molecule has 2 aromatic rings. The van der Waals surface area contributed by atoms with E-state index in [9.17, 15) is 9.90 Å². The van der Waals surface area contributed by atoms with Crippen molar-refractivity contribution in [3.63, 3.8) is 0 Å². The smallest absolute Gasteiger partial charge is 0.270 e. The van der Waals surface area contributed by atoms with Crippen molar-refractivity contribution in [1.29, 1.82) is 0 Å². The van der Waals surface area contributed by atoms with E-state index < -0.39 is 6.10 Å². The average Bonchev–Trinajstić information content (AvgIpc) is 2.94. The third-order valence-corrected chi connectivity index (χ3v) is 3.96. The summed E-state index contributed by atoms with van der Waals surface area (Å²) in [7, 11) is 0. The van der Waals surface area contributed by atoms with Gasteiger partial charge >= 0.3 is 0 Å². The van der Waals surface area contributed by atoms with Gasteiger partial charge in [-0.1, -0.05) is 13.8 Å². The third kappa shape index (κ3) is 4.57. The molecule has 7 heteroatoms. The molecule has 2 N–H and O–H groups in total. The van der Waals surface area contributed by atoms with Gasteiger partial charge in [0.1, 0.15) is 16.4 Å². The molecular formula is C15H20N4O2S. The van der Waals surface area contributed by atoms with Gasteiger partial charge in [0, 0.05) is 24.3 Å². The molecule has 0 fully saturated rings. The Morgan fingerprint density at radius 3 is 2.86 bits per heavy atom. The van der Waals surface area contributed by atoms with E-state index in [1.165, 1.54) is 11.3 Å². The lowest BCUT2D eigenvalue weighted by Gasteiger charge is -2.26. The summed E-state index contributed by atoms with van der Waals surface area (Å²) in [5, 5.41) is 14.7. The zero-order valence-electron chi connectivity index (χ0n) is 12.9. The second-order valence-electron chi connectivity index (χ2n) is 6.03. The highest BCUT2D eigenvalue weighted by atomic mass is 32.1. The Hall–Kier alpha value is -1.86. The van der Waals surface area contributed by atoms with Crippen LogP contribution in [0, 0.1) is 5.41 Å². The van der Waals surface area contributed by atoms with Gasteiger partial charge in [0.05, 0.1) is 12.3 Å². The first-order chi connectivity index (χ1) is 10.4. The van der Waals surface area contributed by atoms with Crippen LogP contribution in [0.2, 0.25) is 0 Å². The lowest BCUT2D eigenvalue weighted by Crippen LogP contribution is -2.35. The predicted molar refractivity (Wildman–Crippen MR) is 85.6 cm³/mol. The lowest BCUT2D eigenvalue weighted by molar-refractivity contribution is 0.0898. The van der Waals surface area contributed by atoms with Crippen molar-refractivity contribution in [2.24, 2.45) is 5.41 Å². The van der Waals surface area contributed by atoms with Crippen molar-refractivity contribution in [2.45, 2.75) is 33.3 Å². The third-order valence-electron chi connectivity index (χ3n) is 3.09. The highest BCUT2D eigenvalue weighted by molar-refractivity contribution is 7.13. The number of aliphatic hydroxyl groups excluding tert-OH is 1. The zero-order chi connectivity index (χ0) is 16.2. The molecular weight excluding hydrogens is 300 g/mol. The first-order valence-electron chi connectivity index (χ1n) is 7.05. The fourth-order valence-corrected chi connectivity index (χ4v) is 2.95. The Balaban J connectivity index is 1.98. The minimum absolute atomic E-state index is 0.173. The number of aliphatic hydroxyl groups is 1. The van der Waals surface area contributed by atoms with Gasteiger partial charge in [-0.3, -0.25) is 14.8 Å². The molecule has 0 aliphatic heterocycles. The predicted octanol–water partition coefficient (Wildman–Crippen LogP) is 2.13. The number of thiazole rings is 1. The number of carbonyl (C=O) groups excluding carboxylic acids is 1. The van der Waals surface area contributed by atoms with Crippen LogP contribution in [0.1, 0.15) is 37.7 Å². The molecule has 0 saturated carbocycles. The van der Waals surface area contributed by atoms with E-state index in [4.69, 9.17) is 0 Å². The zero-order valence-corrected chi connectivity index (χ0v) is 13.7. The molecule has 2 aromatic heterocycles. The van der Waals surface area contributed by atoms with Gasteiger partial charge in [-0.25, -0.2) is 4.98 Å². The molecule has 0 aliphatic rings. The molecule has 118 valence electrons. The summed E-state index contributed by atoms with van der Waals surface area (Å²) in [6, 6.07) is 0. The van der Waals surface area contributed by atoms with Crippen LogP contribution in [0.25, 0.3) is 10.7 Å². The number of carbonyl (C=O) groups is 1. The van der Waals surface area contributed by atoms with Crippen LogP contribution in [-0.2, 0) is 0 Å². The Kier molecular flexibility index (Phi) is 5.20. The number of nitrogens with one attached hydrogen (secondary N) is 1. The summed E-state index contributed by atoms with van der Waals surface area (Å²) in [5.41, 5.74) is 0.854. The van der Waals surface area contributed by atoms with E-state index in [1.807, 2.05) is 13.8 Å². The molecule has 2 heterocycles. The second-order valence-corrected chi connectivity index (χ2v) is 6.89. The highest BCUT2D eigenvalue weighted by Gasteiger charge is 2.22. The van der Waals surface area contributed by atoms with Crippen LogP contribution in [0.4, 0.5) is 0 Å². The van der Waals surface area contributed by atoms with Crippen molar-refractivity contribution in [3.8, 4) is 10.7 Å². The summed E-state index contributed by atoms with van der Waals surface area (Å²) < 4.78 is 0. The van der Waals surface area contributed by atoms with Gasteiger partial charge in [0.25, 0.3) is 5.91 Å². The van der Waals surface area contributed by atoms with Gasteiger partial charge in [-0.05, 0) is 18.8 Å². The van der Waals surface area contributed by atoms with E-state index in [1.54, 1.807) is 30.9 Å². The highest BCUT2D eigenvalue weighted by Crippen LogP contribution is 2.23. The molecule has 6 nitrogen and oxygen atoms in total. The summed E-state index contributed by atoms with van der Waals surface area (Å²) in [4.78, 5) is 24.6. The van der Waals surface area contributed by atoms with Gasteiger partial charge in [0.15, 0.2) is 0 Å². The normalized spacial score (nSPS) is 12.9. The maximum atomic E-state index is 12.2. The minimum Gasteiger partial charge on any atom is -0.393 e. The monoisotopic (exact) mass is 320 g/mol. The van der Waals surface area contributed by atoms with Crippen molar-refractivity contribution < 1.29 is 9.90 Å². The quantitative estimate of drug-likeness (QED) is 0.851. The number of hydrogen-bond donors (Lipinski definition) is 2. The Labute approximate surface area is 133 Å². The number of rotatable bonds is 6. The van der Waals surface area contributed by atoms with Gasteiger partial charge in [0.2, 0.25) is 0 Å². The lowest BCUT2D eigenvalue weighted by atomic mass is 9.87. The molecule has 2 rings (SSSR count). The molecule has 1 unspecified atom stereocenters. The molecule has 0 saturated heterocycles. The van der Waals surface area contributed by atoms with E-state index in [0.29, 0.717) is 29.4 Å². The molecule has 0 radical (unpaired) electrons. The summed E-state index contributed by atoms with van der Waals surface area (Å²) in [6.45, 7) is 6.24. The maximum absolute atomic E-state index is 12.2. The molecule has 0 aliphatic carbocycles. The molecule has 1 amide bonds. The fraction of sp³-hybridized carbons (Fsp3) is 0.467. The topological polar surface area (TPSA) is 88.0 Å². The maximum Gasteiger partial charge on any atom is 0.270 e. The number of aromatic nitrogens is 3. The van der Waals surface area contributed by atoms with Crippen molar-refractivity contribution in [1.82, 2.24) is 20.3 Å². The number of amides is 1. The van der Waals surface area contributed by atoms with Crippen LogP contribution in [0.5, 0.6) is 0 Å². The van der Waals surface area contributed by atoms with E-state index >= 15 is 0 Å². The Morgan fingerprint density at radius 1 is 1.45 bits per heavy atom. The van der Waals surface area contributed by atoms with Crippen LogP contribution >= 0.6 is 11.3 Å². The second kappa shape index (κ2) is 6.93. The van der Waals surface area contributed by atoms with Crippen LogP contribution < -0.4 is 5.32 Å². The summed E-state index contributed by atoms with van der Waals surface area (Å²) >= 11 is 1.36. The largest absolute Gasteiger partial charge is 0.393 e. The first-order valence-corrected chi connectivity index (χ1v) is 7.93. The number of hydrogen-bond acceptors (Lipinski definition) is 6. The van der Waals surface area contributed by atoms with Crippen molar-refractivity contribution in [3.05, 3.63) is 29.7 Å². The molecule has 1 atom stereocenters. The summed E-state index contributed by atoms with van der Waals surface area (Å²) in [5.74, 6) is -0.218. The Bertz CT molecular complexity index is 625. The molecule has 0 spiro atoms. The van der Waals surface area contributed by atoms with Gasteiger partial charge < -0.3 is 10.4 Å². The number of nitrogens with zero attached hydrogens (tertiary/aromatic N) is 3. The standard InChI is InChI=1S/C15H20N4O2S/c1-10(20)6-15(2,3)9-18-13(21)12-8-22-14(19-12)11-7-16-4-5-17-11/h4-5,7-8,10,20H,6,9H2,1-3H3,(H,18,21). The van der Waals surface area contributed by atoms with E-state index in [0.717, 1.165) is 0 Å². The van der Waals surface area contributed by atoms with Crippen LogP contribution in [0.3, 0.4) is 0 Å². The van der Waals surface area contributed by atoms with E-state index in [2.05, 4.69) is 20.3 Å². The van der Waals surface area contributed by atoms with Gasteiger partial charge in [-0.15, -0.1) is 11.3 Å². The van der Waals surface area contributed by atoms with Crippen LogP contribution in [0.15, 0.2) is 24.0 Å². The fourth-order valence-electron chi connectivity index (χ4n) is 2.19. The van der Waals surface area contributed by atoms with Gasteiger partial charge in [-0.2, -0.15) is 0 Å². The molecule has 22 heavy (non-hydrogen) atoms.